The van der Waals surface area contributed by atoms with E-state index in [-0.39, 0.29) is 17.5 Å². The zero-order valence-electron chi connectivity index (χ0n) is 14.3. The van der Waals surface area contributed by atoms with Crippen molar-refractivity contribution in [3.05, 3.63) is 52.5 Å². The van der Waals surface area contributed by atoms with Crippen LogP contribution in [0.15, 0.2) is 41.8 Å². The predicted octanol–water partition coefficient (Wildman–Crippen LogP) is 2.82. The molecule has 1 aromatic heterocycles. The molecule has 2 rings (SSSR count). The zero-order chi connectivity index (χ0) is 19.1. The van der Waals surface area contributed by atoms with Gasteiger partial charge in [0.15, 0.2) is 6.61 Å². The molecule has 1 atom stereocenters. The number of para-hydroxylation sites is 1. The molecule has 0 radical (unpaired) electrons. The first-order valence-electron chi connectivity index (χ1n) is 7.94. The highest BCUT2D eigenvalue weighted by Gasteiger charge is 2.27. The summed E-state index contributed by atoms with van der Waals surface area (Å²) < 4.78 is 18.5. The quantitative estimate of drug-likeness (QED) is 0.726. The molecule has 8 heteroatoms. The van der Waals surface area contributed by atoms with Crippen LogP contribution in [0.1, 0.15) is 23.5 Å². The van der Waals surface area contributed by atoms with Crippen molar-refractivity contribution in [1.29, 1.82) is 0 Å². The van der Waals surface area contributed by atoms with E-state index in [1.54, 1.807) is 37.4 Å². The van der Waals surface area contributed by atoms with Crippen LogP contribution in [0.5, 0.6) is 0 Å². The molecule has 0 saturated heterocycles. The van der Waals surface area contributed by atoms with Crippen molar-refractivity contribution in [3.8, 4) is 0 Å². The molecule has 2 N–H and O–H groups in total. The molecule has 0 bridgehead atoms. The molecule has 0 saturated carbocycles. The van der Waals surface area contributed by atoms with E-state index >= 15 is 0 Å². The lowest BCUT2D eigenvalue weighted by Gasteiger charge is -2.20. The van der Waals surface area contributed by atoms with E-state index in [2.05, 4.69) is 10.6 Å². The van der Waals surface area contributed by atoms with Gasteiger partial charge in [0.1, 0.15) is 11.9 Å². The Morgan fingerprint density at radius 1 is 1.15 bits per heavy atom. The first kappa shape index (κ1) is 19.6. The molecule has 0 aliphatic rings. The molecule has 0 unspecified atom stereocenters. The summed E-state index contributed by atoms with van der Waals surface area (Å²) in [6, 6.07) is 8.14. The first-order valence-corrected chi connectivity index (χ1v) is 8.82. The maximum atomic E-state index is 13.5. The maximum absolute atomic E-state index is 13.5. The highest BCUT2D eigenvalue weighted by Crippen LogP contribution is 2.13. The van der Waals surface area contributed by atoms with Gasteiger partial charge in [-0.25, -0.2) is 9.18 Å². The number of thiophene rings is 1. The van der Waals surface area contributed by atoms with Crippen LogP contribution in [0.3, 0.4) is 0 Å². The van der Waals surface area contributed by atoms with Crippen LogP contribution in [0.4, 0.5) is 10.1 Å². The van der Waals surface area contributed by atoms with Gasteiger partial charge in [-0.3, -0.25) is 9.59 Å². The SMILES string of the molecule is CC(C)[C@@H](NC(=O)c1cccs1)C(=O)OCC(=O)Nc1ccccc1F. The van der Waals surface area contributed by atoms with Crippen LogP contribution in [0.2, 0.25) is 0 Å². The monoisotopic (exact) mass is 378 g/mol. The van der Waals surface area contributed by atoms with Crippen LogP contribution < -0.4 is 10.6 Å². The van der Waals surface area contributed by atoms with Gasteiger partial charge < -0.3 is 15.4 Å². The summed E-state index contributed by atoms with van der Waals surface area (Å²) in [4.78, 5) is 36.6. The Bertz CT molecular complexity index is 777. The molecule has 0 aliphatic heterocycles. The lowest BCUT2D eigenvalue weighted by molar-refractivity contribution is -0.150. The van der Waals surface area contributed by atoms with Crippen molar-refractivity contribution in [2.45, 2.75) is 19.9 Å². The lowest BCUT2D eigenvalue weighted by atomic mass is 10.0. The number of amides is 2. The summed E-state index contributed by atoms with van der Waals surface area (Å²) in [5.41, 5.74) is -0.0000401. The van der Waals surface area contributed by atoms with Gasteiger partial charge in [-0.1, -0.05) is 32.0 Å². The second-order valence-electron chi connectivity index (χ2n) is 5.81. The van der Waals surface area contributed by atoms with E-state index in [4.69, 9.17) is 4.74 Å². The fourth-order valence-electron chi connectivity index (χ4n) is 2.09. The van der Waals surface area contributed by atoms with Gasteiger partial charge in [-0.05, 0) is 29.5 Å². The number of nitrogens with one attached hydrogen (secondary N) is 2. The summed E-state index contributed by atoms with van der Waals surface area (Å²) in [5, 5.41) is 6.68. The minimum absolute atomic E-state index is 0.0000401. The Hall–Kier alpha value is -2.74. The number of anilines is 1. The Balaban J connectivity index is 1.90. The third kappa shape index (κ3) is 5.38. The largest absolute Gasteiger partial charge is 0.454 e. The number of ether oxygens (including phenoxy) is 1. The number of benzene rings is 1. The summed E-state index contributed by atoms with van der Waals surface area (Å²) in [7, 11) is 0. The van der Waals surface area contributed by atoms with Gasteiger partial charge in [0.2, 0.25) is 0 Å². The van der Waals surface area contributed by atoms with E-state index in [1.807, 2.05) is 0 Å². The molecule has 6 nitrogen and oxygen atoms in total. The molecule has 1 aromatic carbocycles. The summed E-state index contributed by atoms with van der Waals surface area (Å²) in [5.74, 6) is -2.60. The smallest absolute Gasteiger partial charge is 0.329 e. The molecule has 1 heterocycles. The van der Waals surface area contributed by atoms with Crippen molar-refractivity contribution < 1.29 is 23.5 Å². The third-order valence-electron chi connectivity index (χ3n) is 3.45. The van der Waals surface area contributed by atoms with E-state index in [0.717, 1.165) is 0 Å². The summed E-state index contributed by atoms with van der Waals surface area (Å²) >= 11 is 1.25. The number of carbonyl (C=O) groups is 3. The number of esters is 1. The average molecular weight is 378 g/mol. The number of rotatable bonds is 7. The average Bonchev–Trinajstić information content (AvgIpc) is 3.14. The fourth-order valence-corrected chi connectivity index (χ4v) is 2.72. The highest BCUT2D eigenvalue weighted by molar-refractivity contribution is 7.12. The highest BCUT2D eigenvalue weighted by atomic mass is 32.1. The Morgan fingerprint density at radius 3 is 2.50 bits per heavy atom. The molecule has 138 valence electrons. The van der Waals surface area contributed by atoms with Gasteiger partial charge in [-0.2, -0.15) is 0 Å². The van der Waals surface area contributed by atoms with Gasteiger partial charge >= 0.3 is 5.97 Å². The van der Waals surface area contributed by atoms with Crippen LogP contribution in [-0.4, -0.2) is 30.4 Å². The van der Waals surface area contributed by atoms with Crippen LogP contribution in [0.25, 0.3) is 0 Å². The van der Waals surface area contributed by atoms with E-state index < -0.39 is 30.3 Å². The van der Waals surface area contributed by atoms with Gasteiger partial charge in [0.25, 0.3) is 11.8 Å². The van der Waals surface area contributed by atoms with Crippen molar-refractivity contribution in [1.82, 2.24) is 5.32 Å². The van der Waals surface area contributed by atoms with E-state index in [0.29, 0.717) is 4.88 Å². The van der Waals surface area contributed by atoms with Gasteiger partial charge in [-0.15, -0.1) is 11.3 Å². The fraction of sp³-hybridized carbons (Fsp3) is 0.278. The predicted molar refractivity (Wildman–Crippen MR) is 96.4 cm³/mol. The number of halogens is 1. The Kier molecular flexibility index (Phi) is 6.85. The second kappa shape index (κ2) is 9.10. The van der Waals surface area contributed by atoms with E-state index in [1.165, 1.54) is 29.5 Å². The summed E-state index contributed by atoms with van der Waals surface area (Å²) in [6.07, 6.45) is 0. The van der Waals surface area contributed by atoms with Gasteiger partial charge in [0, 0.05) is 0 Å². The molecule has 0 fully saturated rings. The number of hydrogen-bond acceptors (Lipinski definition) is 5. The lowest BCUT2D eigenvalue weighted by Crippen LogP contribution is -2.45. The topological polar surface area (TPSA) is 84.5 Å². The minimum atomic E-state index is -0.897. The number of hydrogen-bond donors (Lipinski definition) is 2. The molecule has 0 aliphatic carbocycles. The molecule has 2 amide bonds. The van der Waals surface area contributed by atoms with Crippen molar-refractivity contribution in [3.63, 3.8) is 0 Å². The third-order valence-corrected chi connectivity index (χ3v) is 4.31. The number of carbonyl (C=O) groups excluding carboxylic acids is 3. The van der Waals surface area contributed by atoms with Crippen LogP contribution >= 0.6 is 11.3 Å². The van der Waals surface area contributed by atoms with Gasteiger partial charge in [0.05, 0.1) is 10.6 Å². The maximum Gasteiger partial charge on any atom is 0.329 e. The van der Waals surface area contributed by atoms with Crippen molar-refractivity contribution in [2.75, 3.05) is 11.9 Å². The molecular formula is C18H19FN2O4S. The van der Waals surface area contributed by atoms with Crippen LogP contribution in [0, 0.1) is 11.7 Å². The van der Waals surface area contributed by atoms with E-state index in [9.17, 15) is 18.8 Å². The van der Waals surface area contributed by atoms with Crippen LogP contribution in [-0.2, 0) is 14.3 Å². The zero-order valence-corrected chi connectivity index (χ0v) is 15.1. The molecule has 26 heavy (non-hydrogen) atoms. The Morgan fingerprint density at radius 2 is 1.88 bits per heavy atom. The minimum Gasteiger partial charge on any atom is -0.454 e. The molecule has 2 aromatic rings. The van der Waals surface area contributed by atoms with Crippen molar-refractivity contribution in [2.24, 2.45) is 5.92 Å². The molecular weight excluding hydrogens is 359 g/mol. The standard InChI is InChI=1S/C18H19FN2O4S/c1-11(2)16(21-17(23)14-8-5-9-26-14)18(24)25-10-15(22)20-13-7-4-3-6-12(13)19/h3-9,11,16H,10H2,1-2H3,(H,20,22)(H,21,23)/t16-/m1/s1. The summed E-state index contributed by atoms with van der Waals surface area (Å²) in [6.45, 7) is 2.92. The Labute approximate surface area is 154 Å². The normalized spacial score (nSPS) is 11.7. The second-order valence-corrected chi connectivity index (χ2v) is 6.76. The molecule has 0 spiro atoms. The first-order chi connectivity index (χ1) is 12.4. The van der Waals surface area contributed by atoms with Crippen molar-refractivity contribution >= 4 is 34.8 Å².